The first-order chi connectivity index (χ1) is 13.6. The summed E-state index contributed by atoms with van der Waals surface area (Å²) in [5.41, 5.74) is 3.00. The summed E-state index contributed by atoms with van der Waals surface area (Å²) in [6.07, 6.45) is 4.13. The van der Waals surface area contributed by atoms with Crippen molar-refractivity contribution < 1.29 is 14.5 Å². The number of nitro benzene ring substituents is 1. The van der Waals surface area contributed by atoms with Crippen LogP contribution < -0.4 is 9.64 Å². The van der Waals surface area contributed by atoms with Crippen LogP contribution in [0.25, 0.3) is 0 Å². The molecule has 0 fully saturated rings. The summed E-state index contributed by atoms with van der Waals surface area (Å²) in [6, 6.07) is 15.3. The molecule has 7 heteroatoms. The average molecular weight is 375 g/mol. The van der Waals surface area contributed by atoms with Crippen molar-refractivity contribution in [2.45, 2.75) is 13.0 Å². The molecule has 0 radical (unpaired) electrons. The fraction of sp³-hybridized carbons (Fsp3) is 0.143. The smallest absolute Gasteiger partial charge is 0.271 e. The van der Waals surface area contributed by atoms with E-state index in [1.165, 1.54) is 12.1 Å². The highest BCUT2D eigenvalue weighted by molar-refractivity contribution is 6.07. The number of non-ortho nitro benzene ring substituents is 1. The molecular formula is C21H17N3O4. The number of hydrogen-bond donors (Lipinski definition) is 0. The van der Waals surface area contributed by atoms with Crippen molar-refractivity contribution in [2.24, 2.45) is 0 Å². The van der Waals surface area contributed by atoms with E-state index in [9.17, 15) is 14.9 Å². The monoisotopic (exact) mass is 375 g/mol. The zero-order chi connectivity index (χ0) is 19.5. The molecule has 0 atom stereocenters. The molecule has 1 aliphatic heterocycles. The molecule has 0 saturated carbocycles. The number of anilines is 1. The maximum absolute atomic E-state index is 12.9. The molecule has 28 heavy (non-hydrogen) atoms. The molecule has 0 spiro atoms. The molecule has 2 heterocycles. The molecule has 0 unspecified atom stereocenters. The second-order valence-electron chi connectivity index (χ2n) is 6.45. The van der Waals surface area contributed by atoms with Crippen LogP contribution in [0.5, 0.6) is 5.75 Å². The lowest BCUT2D eigenvalue weighted by atomic mass is 10.1. The summed E-state index contributed by atoms with van der Waals surface area (Å²) in [4.78, 5) is 29.1. The number of rotatable bonds is 5. The first kappa shape index (κ1) is 17.7. The Morgan fingerprint density at radius 1 is 1.18 bits per heavy atom. The minimum absolute atomic E-state index is 0.0161. The van der Waals surface area contributed by atoms with E-state index in [1.54, 1.807) is 47.6 Å². The Hall–Kier alpha value is -3.74. The van der Waals surface area contributed by atoms with Crippen LogP contribution in [0.3, 0.4) is 0 Å². The molecule has 140 valence electrons. The van der Waals surface area contributed by atoms with E-state index in [-0.39, 0.29) is 11.6 Å². The maximum Gasteiger partial charge on any atom is 0.271 e. The van der Waals surface area contributed by atoms with Gasteiger partial charge in [0.15, 0.2) is 0 Å². The highest BCUT2D eigenvalue weighted by Crippen LogP contribution is 2.32. The number of pyridine rings is 1. The first-order valence-electron chi connectivity index (χ1n) is 8.83. The summed E-state index contributed by atoms with van der Waals surface area (Å²) in [7, 11) is 0. The summed E-state index contributed by atoms with van der Waals surface area (Å²) < 4.78 is 5.71. The summed E-state index contributed by atoms with van der Waals surface area (Å²) >= 11 is 0. The van der Waals surface area contributed by atoms with Gasteiger partial charge in [-0.2, -0.15) is 0 Å². The minimum Gasteiger partial charge on any atom is -0.489 e. The van der Waals surface area contributed by atoms with Crippen molar-refractivity contribution >= 4 is 17.3 Å². The van der Waals surface area contributed by atoms with E-state index in [0.29, 0.717) is 36.6 Å². The van der Waals surface area contributed by atoms with Gasteiger partial charge in [-0.3, -0.25) is 19.9 Å². The maximum atomic E-state index is 12.9. The van der Waals surface area contributed by atoms with Crippen LogP contribution in [0, 0.1) is 10.1 Å². The molecular weight excluding hydrogens is 358 g/mol. The first-order valence-corrected chi connectivity index (χ1v) is 8.83. The fourth-order valence-corrected chi connectivity index (χ4v) is 3.19. The highest BCUT2D eigenvalue weighted by Gasteiger charge is 2.27. The van der Waals surface area contributed by atoms with Crippen LogP contribution in [0.15, 0.2) is 67.0 Å². The highest BCUT2D eigenvalue weighted by atomic mass is 16.6. The predicted molar refractivity (Wildman–Crippen MR) is 103 cm³/mol. The topological polar surface area (TPSA) is 85.6 Å². The Balaban J connectivity index is 1.48. The summed E-state index contributed by atoms with van der Waals surface area (Å²) in [5.74, 6) is 0.468. The number of aromatic nitrogens is 1. The third-order valence-corrected chi connectivity index (χ3v) is 4.65. The Labute approximate surface area is 161 Å². The molecule has 2 aromatic carbocycles. The fourth-order valence-electron chi connectivity index (χ4n) is 3.19. The van der Waals surface area contributed by atoms with E-state index in [2.05, 4.69) is 4.98 Å². The number of ether oxygens (including phenoxy) is 1. The van der Waals surface area contributed by atoms with Gasteiger partial charge in [0.05, 0.1) is 10.6 Å². The number of nitrogens with zero attached hydrogens (tertiary/aromatic N) is 3. The molecule has 3 aromatic rings. The number of carbonyl (C=O) groups is 1. The van der Waals surface area contributed by atoms with Gasteiger partial charge in [0.25, 0.3) is 11.6 Å². The van der Waals surface area contributed by atoms with Gasteiger partial charge >= 0.3 is 0 Å². The Bertz CT molecular complexity index is 1020. The zero-order valence-corrected chi connectivity index (χ0v) is 14.9. The number of nitro groups is 1. The number of carbonyl (C=O) groups excluding carboxylic acids is 1. The van der Waals surface area contributed by atoms with Gasteiger partial charge < -0.3 is 9.64 Å². The quantitative estimate of drug-likeness (QED) is 0.500. The van der Waals surface area contributed by atoms with E-state index >= 15 is 0 Å². The second kappa shape index (κ2) is 7.48. The van der Waals surface area contributed by atoms with Crippen LogP contribution in [0.4, 0.5) is 11.4 Å². The van der Waals surface area contributed by atoms with Crippen molar-refractivity contribution in [2.75, 3.05) is 11.4 Å². The van der Waals surface area contributed by atoms with Crippen molar-refractivity contribution in [1.29, 1.82) is 0 Å². The summed E-state index contributed by atoms with van der Waals surface area (Å²) in [6.45, 7) is 0.902. The van der Waals surface area contributed by atoms with Crippen LogP contribution >= 0.6 is 0 Å². The van der Waals surface area contributed by atoms with Crippen molar-refractivity contribution in [3.05, 3.63) is 93.8 Å². The minimum atomic E-state index is -0.449. The molecule has 1 aliphatic rings. The van der Waals surface area contributed by atoms with Gasteiger partial charge in [-0.1, -0.05) is 12.1 Å². The van der Waals surface area contributed by atoms with Crippen molar-refractivity contribution in [3.8, 4) is 5.75 Å². The Morgan fingerprint density at radius 2 is 2.00 bits per heavy atom. The van der Waals surface area contributed by atoms with Gasteiger partial charge in [0.2, 0.25) is 0 Å². The normalized spacial score (nSPS) is 12.5. The second-order valence-corrected chi connectivity index (χ2v) is 6.45. The zero-order valence-electron chi connectivity index (χ0n) is 14.9. The molecule has 1 amide bonds. The lowest BCUT2D eigenvalue weighted by Crippen LogP contribution is -2.28. The number of benzene rings is 2. The SMILES string of the molecule is O=C(c1ccc(OCc2cccnc2)cc1)N1CCc2ccc([N+](=O)[O-])cc21. The van der Waals surface area contributed by atoms with Gasteiger partial charge in [-0.05, 0) is 42.3 Å². The predicted octanol–water partition coefficient (Wildman–Crippen LogP) is 3.77. The van der Waals surface area contributed by atoms with Gasteiger partial charge in [-0.25, -0.2) is 0 Å². The molecule has 1 aromatic heterocycles. The van der Waals surface area contributed by atoms with Gasteiger partial charge in [-0.15, -0.1) is 0 Å². The third-order valence-electron chi connectivity index (χ3n) is 4.65. The summed E-state index contributed by atoms with van der Waals surface area (Å²) in [5, 5.41) is 11.0. The number of amides is 1. The Morgan fingerprint density at radius 3 is 2.71 bits per heavy atom. The molecule has 4 rings (SSSR count). The number of fused-ring (bicyclic) bond motifs is 1. The van der Waals surface area contributed by atoms with E-state index in [4.69, 9.17) is 4.74 Å². The molecule has 0 N–H and O–H groups in total. The van der Waals surface area contributed by atoms with Crippen LogP contribution in [-0.4, -0.2) is 22.4 Å². The van der Waals surface area contributed by atoms with Gasteiger partial charge in [0.1, 0.15) is 12.4 Å². The van der Waals surface area contributed by atoms with E-state index in [0.717, 1.165) is 11.1 Å². The Kier molecular flexibility index (Phi) is 4.72. The van der Waals surface area contributed by atoms with Crippen LogP contribution in [-0.2, 0) is 13.0 Å². The van der Waals surface area contributed by atoms with Crippen molar-refractivity contribution in [3.63, 3.8) is 0 Å². The van der Waals surface area contributed by atoms with Crippen LogP contribution in [0.1, 0.15) is 21.5 Å². The standard InChI is InChI=1S/C21H17N3O4/c25-21(23-11-9-16-3-6-18(24(26)27)12-20(16)23)17-4-7-19(8-5-17)28-14-15-2-1-10-22-13-15/h1-8,10,12-13H,9,11,14H2. The third kappa shape index (κ3) is 3.55. The molecule has 7 nitrogen and oxygen atoms in total. The molecule has 0 aliphatic carbocycles. The van der Waals surface area contributed by atoms with E-state index in [1.807, 2.05) is 12.1 Å². The average Bonchev–Trinajstić information content (AvgIpc) is 3.16. The lowest BCUT2D eigenvalue weighted by molar-refractivity contribution is -0.384. The largest absolute Gasteiger partial charge is 0.489 e. The van der Waals surface area contributed by atoms with Crippen molar-refractivity contribution in [1.82, 2.24) is 4.98 Å². The van der Waals surface area contributed by atoms with Gasteiger partial charge in [0, 0.05) is 42.2 Å². The lowest BCUT2D eigenvalue weighted by Gasteiger charge is -2.17. The number of hydrogen-bond acceptors (Lipinski definition) is 5. The molecule has 0 bridgehead atoms. The van der Waals surface area contributed by atoms with E-state index < -0.39 is 4.92 Å². The van der Waals surface area contributed by atoms with Crippen LogP contribution in [0.2, 0.25) is 0 Å². The molecule has 0 saturated heterocycles.